The first-order valence-electron chi connectivity index (χ1n) is 9.28. The number of carbonyl (C=O) groups excluding carboxylic acids is 3. The van der Waals surface area contributed by atoms with Crippen LogP contribution in [0.25, 0.3) is 0 Å². The molecule has 1 N–H and O–H groups in total. The van der Waals surface area contributed by atoms with Gasteiger partial charge in [0, 0.05) is 11.1 Å². The maximum atomic E-state index is 12.5. The lowest BCUT2D eigenvalue weighted by atomic mass is 10.0. The van der Waals surface area contributed by atoms with E-state index < -0.39 is 12.0 Å². The Morgan fingerprint density at radius 3 is 1.83 bits per heavy atom. The second-order valence-corrected chi connectivity index (χ2v) is 6.46. The molecule has 0 saturated carbocycles. The summed E-state index contributed by atoms with van der Waals surface area (Å²) in [4.78, 5) is 37.0. The van der Waals surface area contributed by atoms with Gasteiger partial charge >= 0.3 is 5.97 Å². The Morgan fingerprint density at radius 1 is 0.724 bits per heavy atom. The Kier molecular flexibility index (Phi) is 6.90. The fourth-order valence-corrected chi connectivity index (χ4v) is 2.85. The molecule has 29 heavy (non-hydrogen) atoms. The number of carbonyl (C=O) groups is 3. The van der Waals surface area contributed by atoms with Crippen molar-refractivity contribution in [1.82, 2.24) is 5.32 Å². The molecule has 3 rings (SSSR count). The van der Waals surface area contributed by atoms with Crippen LogP contribution in [0.4, 0.5) is 0 Å². The summed E-state index contributed by atoms with van der Waals surface area (Å²) in [5, 5.41) is 2.88. The molecule has 0 aromatic heterocycles. The predicted octanol–water partition coefficient (Wildman–Crippen LogP) is 3.97. The van der Waals surface area contributed by atoms with Gasteiger partial charge in [-0.15, -0.1) is 0 Å². The van der Waals surface area contributed by atoms with Crippen LogP contribution >= 0.6 is 0 Å². The third-order valence-corrected chi connectivity index (χ3v) is 4.37. The zero-order chi connectivity index (χ0) is 20.5. The van der Waals surface area contributed by atoms with E-state index in [-0.39, 0.29) is 24.7 Å². The Bertz CT molecular complexity index is 956. The second kappa shape index (κ2) is 9.99. The molecule has 146 valence electrons. The van der Waals surface area contributed by atoms with Crippen molar-refractivity contribution in [2.75, 3.05) is 6.61 Å². The molecule has 3 aromatic rings. The fraction of sp³-hybridized carbons (Fsp3) is 0.125. The van der Waals surface area contributed by atoms with Crippen LogP contribution < -0.4 is 5.32 Å². The zero-order valence-corrected chi connectivity index (χ0v) is 15.8. The Labute approximate surface area is 169 Å². The molecule has 0 fully saturated rings. The molecule has 5 nitrogen and oxygen atoms in total. The summed E-state index contributed by atoms with van der Waals surface area (Å²) in [6.07, 6.45) is -0.0787. The van der Waals surface area contributed by atoms with Crippen molar-refractivity contribution in [2.24, 2.45) is 0 Å². The van der Waals surface area contributed by atoms with E-state index in [1.807, 2.05) is 42.5 Å². The number of nitrogens with one attached hydrogen (secondary N) is 1. The third kappa shape index (κ3) is 5.87. The molecule has 0 radical (unpaired) electrons. The van der Waals surface area contributed by atoms with Crippen molar-refractivity contribution in [3.63, 3.8) is 0 Å². The number of amides is 1. The monoisotopic (exact) mass is 387 g/mol. The van der Waals surface area contributed by atoms with Gasteiger partial charge in [0.2, 0.25) is 0 Å². The van der Waals surface area contributed by atoms with Crippen molar-refractivity contribution in [1.29, 1.82) is 0 Å². The minimum atomic E-state index is -0.566. The average molecular weight is 387 g/mol. The van der Waals surface area contributed by atoms with E-state index >= 15 is 0 Å². The quantitative estimate of drug-likeness (QED) is 0.469. The molecule has 0 aliphatic heterocycles. The van der Waals surface area contributed by atoms with Crippen LogP contribution in [0.1, 0.15) is 38.7 Å². The van der Waals surface area contributed by atoms with Crippen molar-refractivity contribution in [2.45, 2.75) is 12.5 Å². The van der Waals surface area contributed by atoms with Crippen molar-refractivity contribution in [3.05, 3.63) is 108 Å². The molecular formula is C24H21NO4. The molecule has 0 aliphatic rings. The van der Waals surface area contributed by atoms with Gasteiger partial charge in [0.1, 0.15) is 0 Å². The van der Waals surface area contributed by atoms with E-state index in [4.69, 9.17) is 4.74 Å². The molecule has 5 heteroatoms. The van der Waals surface area contributed by atoms with Crippen molar-refractivity contribution >= 4 is 17.7 Å². The smallest absolute Gasteiger partial charge is 0.308 e. The van der Waals surface area contributed by atoms with E-state index in [9.17, 15) is 14.4 Å². The molecule has 1 amide bonds. The number of esters is 1. The summed E-state index contributed by atoms with van der Waals surface area (Å²) in [6, 6.07) is 26.0. The van der Waals surface area contributed by atoms with Crippen LogP contribution in [0.2, 0.25) is 0 Å². The van der Waals surface area contributed by atoms with E-state index in [0.717, 1.165) is 5.56 Å². The molecule has 0 unspecified atom stereocenters. The van der Waals surface area contributed by atoms with Gasteiger partial charge in [0.15, 0.2) is 12.4 Å². The predicted molar refractivity (Wildman–Crippen MR) is 109 cm³/mol. The van der Waals surface area contributed by atoms with Crippen LogP contribution in [-0.2, 0) is 9.53 Å². The number of ether oxygens (including phenoxy) is 1. The average Bonchev–Trinajstić information content (AvgIpc) is 2.78. The van der Waals surface area contributed by atoms with Crippen molar-refractivity contribution in [3.8, 4) is 0 Å². The summed E-state index contributed by atoms with van der Waals surface area (Å²) in [5.41, 5.74) is 1.77. The highest BCUT2D eigenvalue weighted by atomic mass is 16.5. The highest BCUT2D eigenvalue weighted by Gasteiger charge is 2.20. The first-order valence-corrected chi connectivity index (χ1v) is 9.28. The van der Waals surface area contributed by atoms with E-state index in [1.165, 1.54) is 0 Å². The lowest BCUT2D eigenvalue weighted by Gasteiger charge is -2.18. The van der Waals surface area contributed by atoms with Gasteiger partial charge in [0.05, 0.1) is 12.5 Å². The summed E-state index contributed by atoms with van der Waals surface area (Å²) < 4.78 is 5.16. The van der Waals surface area contributed by atoms with Gasteiger partial charge in [-0.3, -0.25) is 14.4 Å². The zero-order valence-electron chi connectivity index (χ0n) is 15.8. The Balaban J connectivity index is 1.64. The standard InChI is InChI=1S/C24H21NO4/c26-22(19-12-6-2-7-13-19)17-29-23(27)16-21(18-10-4-1-5-11-18)25-24(28)20-14-8-3-9-15-20/h1-15,21H,16-17H2,(H,25,28)/t21-/m0/s1. The SMILES string of the molecule is O=C(C[C@H](NC(=O)c1ccccc1)c1ccccc1)OCC(=O)c1ccccc1. The first kappa shape index (κ1) is 20.0. The number of benzene rings is 3. The molecule has 0 saturated heterocycles. The summed E-state index contributed by atoms with van der Waals surface area (Å²) >= 11 is 0. The number of hydrogen-bond acceptors (Lipinski definition) is 4. The van der Waals surface area contributed by atoms with Gasteiger partial charge < -0.3 is 10.1 Å². The molecule has 0 spiro atoms. The van der Waals surface area contributed by atoms with Crippen LogP contribution in [0.5, 0.6) is 0 Å². The van der Waals surface area contributed by atoms with E-state index in [2.05, 4.69) is 5.32 Å². The van der Waals surface area contributed by atoms with E-state index in [0.29, 0.717) is 11.1 Å². The lowest BCUT2D eigenvalue weighted by molar-refractivity contribution is -0.143. The van der Waals surface area contributed by atoms with E-state index in [1.54, 1.807) is 48.5 Å². The number of Topliss-reactive ketones (excluding diaryl/α,β-unsaturated/α-hetero) is 1. The Hall–Kier alpha value is -3.73. The minimum absolute atomic E-state index is 0.0787. The third-order valence-electron chi connectivity index (χ3n) is 4.37. The number of ketones is 1. The maximum Gasteiger partial charge on any atom is 0.308 e. The van der Waals surface area contributed by atoms with Crippen LogP contribution in [-0.4, -0.2) is 24.3 Å². The van der Waals surface area contributed by atoms with Gasteiger partial charge in [-0.2, -0.15) is 0 Å². The van der Waals surface area contributed by atoms with Gasteiger partial charge in [-0.25, -0.2) is 0 Å². The van der Waals surface area contributed by atoms with Gasteiger partial charge in [0.25, 0.3) is 5.91 Å². The fourth-order valence-electron chi connectivity index (χ4n) is 2.85. The number of hydrogen-bond donors (Lipinski definition) is 1. The topological polar surface area (TPSA) is 72.5 Å². The normalized spacial score (nSPS) is 11.3. The molecule has 0 heterocycles. The lowest BCUT2D eigenvalue weighted by Crippen LogP contribution is -2.31. The van der Waals surface area contributed by atoms with Crippen LogP contribution in [0.15, 0.2) is 91.0 Å². The summed E-state index contributed by atoms with van der Waals surface area (Å²) in [6.45, 7) is -0.336. The maximum absolute atomic E-state index is 12.5. The molecule has 1 atom stereocenters. The summed E-state index contributed by atoms with van der Waals surface area (Å²) in [5.74, 6) is -1.12. The van der Waals surface area contributed by atoms with Gasteiger partial charge in [-0.05, 0) is 17.7 Å². The highest BCUT2D eigenvalue weighted by molar-refractivity contribution is 5.98. The number of rotatable bonds is 8. The molecule has 0 bridgehead atoms. The highest BCUT2D eigenvalue weighted by Crippen LogP contribution is 2.18. The minimum Gasteiger partial charge on any atom is -0.457 e. The first-order chi connectivity index (χ1) is 14.1. The van der Waals surface area contributed by atoms with Gasteiger partial charge in [-0.1, -0.05) is 78.9 Å². The summed E-state index contributed by atoms with van der Waals surface area (Å²) in [7, 11) is 0. The largest absolute Gasteiger partial charge is 0.457 e. The Morgan fingerprint density at radius 2 is 1.24 bits per heavy atom. The van der Waals surface area contributed by atoms with Crippen LogP contribution in [0, 0.1) is 0 Å². The second-order valence-electron chi connectivity index (χ2n) is 6.46. The molecule has 0 aliphatic carbocycles. The molecule has 3 aromatic carbocycles. The van der Waals surface area contributed by atoms with Crippen molar-refractivity contribution < 1.29 is 19.1 Å². The van der Waals surface area contributed by atoms with Crippen LogP contribution in [0.3, 0.4) is 0 Å². The molecular weight excluding hydrogens is 366 g/mol.